The Morgan fingerprint density at radius 3 is 2.76 bits per heavy atom. The lowest BCUT2D eigenvalue weighted by Crippen LogP contribution is -2.26. The van der Waals surface area contributed by atoms with Crippen LogP contribution in [0.4, 0.5) is 20.4 Å². The van der Waals surface area contributed by atoms with Crippen molar-refractivity contribution >= 4 is 34.1 Å². The Morgan fingerprint density at radius 2 is 1.97 bits per heavy atom. The number of halogens is 3. The average Bonchev–Trinajstić information content (AvgIpc) is 3.23. The minimum atomic E-state index is -2.54. The van der Waals surface area contributed by atoms with Gasteiger partial charge in [-0.2, -0.15) is 4.98 Å². The number of ether oxygens (including phenoxy) is 1. The van der Waals surface area contributed by atoms with Crippen LogP contribution in [0.15, 0.2) is 42.6 Å². The predicted molar refractivity (Wildman–Crippen MR) is 123 cm³/mol. The van der Waals surface area contributed by atoms with Crippen molar-refractivity contribution in [1.82, 2.24) is 24.6 Å². The molecule has 2 aromatic heterocycles. The van der Waals surface area contributed by atoms with Crippen LogP contribution in [0.2, 0.25) is 5.15 Å². The van der Waals surface area contributed by atoms with Gasteiger partial charge in [-0.1, -0.05) is 17.7 Å². The molecule has 0 atom stereocenters. The minimum absolute atomic E-state index is 0.0420. The van der Waals surface area contributed by atoms with E-state index < -0.39 is 6.43 Å². The molecule has 1 aliphatic heterocycles. The zero-order chi connectivity index (χ0) is 23.1. The van der Waals surface area contributed by atoms with Crippen molar-refractivity contribution < 1.29 is 13.5 Å². The van der Waals surface area contributed by atoms with E-state index in [1.807, 2.05) is 12.1 Å². The molecule has 0 unspecified atom stereocenters. The van der Waals surface area contributed by atoms with E-state index in [-0.39, 0.29) is 16.7 Å². The molecule has 0 aliphatic carbocycles. The van der Waals surface area contributed by atoms with E-state index in [9.17, 15) is 8.78 Å². The molecule has 0 amide bonds. The number of likely N-dealkylation sites (N-methyl/N-ethyl adjacent to an activating group) is 1. The number of benzene rings is 2. The first-order valence-corrected chi connectivity index (χ1v) is 10.8. The third-order valence-corrected chi connectivity index (χ3v) is 6.04. The van der Waals surface area contributed by atoms with Crippen molar-refractivity contribution in [2.24, 2.45) is 0 Å². The largest absolute Gasteiger partial charge is 0.495 e. The van der Waals surface area contributed by atoms with Crippen molar-refractivity contribution in [3.8, 4) is 11.6 Å². The fourth-order valence-corrected chi connectivity index (χ4v) is 4.28. The summed E-state index contributed by atoms with van der Waals surface area (Å²) >= 11 is 6.31. The van der Waals surface area contributed by atoms with Gasteiger partial charge < -0.3 is 15.0 Å². The number of rotatable bonds is 5. The summed E-state index contributed by atoms with van der Waals surface area (Å²) in [6, 6.07) is 10.3. The number of fused-ring (bicyclic) bond motifs is 2. The maximum Gasteiger partial charge on any atom is 0.263 e. The lowest BCUT2D eigenvalue weighted by molar-refractivity contribution is 0.151. The first-order valence-electron chi connectivity index (χ1n) is 10.4. The molecule has 0 radical (unpaired) electrons. The van der Waals surface area contributed by atoms with E-state index in [0.29, 0.717) is 22.5 Å². The highest BCUT2D eigenvalue weighted by Crippen LogP contribution is 2.33. The van der Waals surface area contributed by atoms with E-state index in [4.69, 9.17) is 16.3 Å². The second-order valence-corrected chi connectivity index (χ2v) is 8.35. The second-order valence-electron chi connectivity index (χ2n) is 7.99. The summed E-state index contributed by atoms with van der Waals surface area (Å²) in [5, 5.41) is 12.1. The van der Waals surface area contributed by atoms with Crippen LogP contribution in [0.1, 0.15) is 23.1 Å². The van der Waals surface area contributed by atoms with Crippen LogP contribution in [0, 0.1) is 0 Å². The highest BCUT2D eigenvalue weighted by Gasteiger charge is 2.19. The number of methoxy groups -OCH3 is 1. The fourth-order valence-electron chi connectivity index (χ4n) is 4.11. The lowest BCUT2D eigenvalue weighted by Gasteiger charge is -2.26. The van der Waals surface area contributed by atoms with Gasteiger partial charge in [0, 0.05) is 30.2 Å². The summed E-state index contributed by atoms with van der Waals surface area (Å²) < 4.78 is 33.4. The molecule has 0 saturated heterocycles. The Kier molecular flexibility index (Phi) is 5.59. The van der Waals surface area contributed by atoms with Crippen LogP contribution >= 0.6 is 11.6 Å². The maximum atomic E-state index is 13.1. The molecule has 2 aromatic carbocycles. The van der Waals surface area contributed by atoms with E-state index in [1.54, 1.807) is 30.0 Å². The maximum absolute atomic E-state index is 13.1. The summed E-state index contributed by atoms with van der Waals surface area (Å²) in [6.45, 7) is 1.84. The van der Waals surface area contributed by atoms with E-state index in [1.165, 1.54) is 23.3 Å². The van der Waals surface area contributed by atoms with Gasteiger partial charge in [-0.15, -0.1) is 10.2 Å². The monoisotopic (exact) mass is 470 g/mol. The van der Waals surface area contributed by atoms with Gasteiger partial charge in [0.25, 0.3) is 6.43 Å². The van der Waals surface area contributed by atoms with Gasteiger partial charge in [0.15, 0.2) is 11.0 Å². The second kappa shape index (κ2) is 8.57. The predicted octanol–water partition coefficient (Wildman–Crippen LogP) is 5.15. The van der Waals surface area contributed by atoms with Crippen LogP contribution in [-0.2, 0) is 13.0 Å². The zero-order valence-corrected chi connectivity index (χ0v) is 18.8. The van der Waals surface area contributed by atoms with Crippen molar-refractivity contribution in [1.29, 1.82) is 0 Å². The quantitative estimate of drug-likeness (QED) is 0.435. The lowest BCUT2D eigenvalue weighted by atomic mass is 9.99. The Bertz CT molecular complexity index is 1340. The third-order valence-electron chi connectivity index (χ3n) is 5.79. The first-order chi connectivity index (χ1) is 15.9. The van der Waals surface area contributed by atoms with Crippen molar-refractivity contribution in [3.05, 3.63) is 64.4 Å². The molecular formula is C23H21ClF2N6O. The van der Waals surface area contributed by atoms with Gasteiger partial charge in [0.2, 0.25) is 5.95 Å². The number of aromatic nitrogens is 4. The Labute approximate surface area is 194 Å². The smallest absolute Gasteiger partial charge is 0.263 e. The standard InChI is InChI=1S/C23H21ClF2N6O/c1-31-7-5-13-11-19(33-2)17(10-16(13)12-31)27-23-28-22(20(24)29-30-23)32-8-6-14-9-15(21(25)26)3-4-18(14)32/h3-4,6,8-11,21H,5,7,12H2,1-2H3,(H,27,28,30). The Morgan fingerprint density at radius 1 is 1.12 bits per heavy atom. The van der Waals surface area contributed by atoms with Crippen LogP contribution < -0.4 is 10.1 Å². The number of nitrogens with zero attached hydrogens (tertiary/aromatic N) is 5. The summed E-state index contributed by atoms with van der Waals surface area (Å²) in [6.07, 6.45) is 0.137. The number of nitrogens with one attached hydrogen (secondary N) is 1. The number of hydrogen-bond donors (Lipinski definition) is 1. The number of alkyl halides is 2. The molecule has 0 spiro atoms. The molecule has 0 fully saturated rings. The van der Waals surface area contributed by atoms with Gasteiger partial charge in [-0.05, 0) is 54.9 Å². The molecule has 1 N–H and O–H groups in total. The normalized spacial score (nSPS) is 14.0. The van der Waals surface area contributed by atoms with E-state index in [2.05, 4.69) is 32.4 Å². The van der Waals surface area contributed by atoms with Crippen LogP contribution in [-0.4, -0.2) is 45.4 Å². The van der Waals surface area contributed by atoms with Crippen molar-refractivity contribution in [2.45, 2.75) is 19.4 Å². The SMILES string of the molecule is COc1cc2c(cc1Nc1nnc(Cl)c(-n3ccc4cc(C(F)F)ccc43)n1)CN(C)CC2. The van der Waals surface area contributed by atoms with Gasteiger partial charge in [0.05, 0.1) is 18.3 Å². The van der Waals surface area contributed by atoms with Crippen LogP contribution in [0.25, 0.3) is 16.7 Å². The third kappa shape index (κ3) is 4.09. The molecule has 0 bridgehead atoms. The van der Waals surface area contributed by atoms with Crippen LogP contribution in [0.5, 0.6) is 5.75 Å². The Hall–Kier alpha value is -3.30. The average molecular weight is 471 g/mol. The van der Waals surface area contributed by atoms with Crippen LogP contribution in [0.3, 0.4) is 0 Å². The summed E-state index contributed by atoms with van der Waals surface area (Å²) in [5.41, 5.74) is 3.83. The fraction of sp³-hybridized carbons (Fsp3) is 0.261. The molecule has 4 aromatic rings. The summed E-state index contributed by atoms with van der Waals surface area (Å²) in [7, 11) is 3.71. The molecule has 10 heteroatoms. The van der Waals surface area contributed by atoms with E-state index >= 15 is 0 Å². The molecule has 33 heavy (non-hydrogen) atoms. The van der Waals surface area contributed by atoms with Gasteiger partial charge in [-0.25, -0.2) is 8.78 Å². The zero-order valence-electron chi connectivity index (χ0n) is 18.0. The molecule has 3 heterocycles. The van der Waals surface area contributed by atoms with Crippen molar-refractivity contribution in [3.63, 3.8) is 0 Å². The summed E-state index contributed by atoms with van der Waals surface area (Å²) in [5.74, 6) is 1.26. The molecule has 170 valence electrons. The first kappa shape index (κ1) is 21.5. The summed E-state index contributed by atoms with van der Waals surface area (Å²) in [4.78, 5) is 6.81. The van der Waals surface area contributed by atoms with E-state index in [0.717, 1.165) is 25.2 Å². The van der Waals surface area contributed by atoms with Gasteiger partial charge >= 0.3 is 0 Å². The molecule has 7 nitrogen and oxygen atoms in total. The van der Waals surface area contributed by atoms with Gasteiger partial charge in [0.1, 0.15) is 5.75 Å². The van der Waals surface area contributed by atoms with Gasteiger partial charge in [-0.3, -0.25) is 4.57 Å². The molecule has 0 saturated carbocycles. The number of hydrogen-bond acceptors (Lipinski definition) is 6. The number of anilines is 2. The molecule has 1 aliphatic rings. The molecule has 5 rings (SSSR count). The minimum Gasteiger partial charge on any atom is -0.495 e. The van der Waals surface area contributed by atoms with Crippen molar-refractivity contribution in [2.75, 3.05) is 26.0 Å². The topological polar surface area (TPSA) is 68.1 Å². The Balaban J connectivity index is 1.52. The highest BCUT2D eigenvalue weighted by atomic mass is 35.5. The highest BCUT2D eigenvalue weighted by molar-refractivity contribution is 6.31. The molecular weight excluding hydrogens is 450 g/mol.